The van der Waals surface area contributed by atoms with Crippen molar-refractivity contribution in [3.8, 4) is 0 Å². The maximum Gasteiger partial charge on any atom is 0.186 e. The van der Waals surface area contributed by atoms with Crippen LogP contribution in [0.15, 0.2) is 0 Å². The van der Waals surface area contributed by atoms with E-state index in [1.807, 2.05) is 0 Å². The standard InChI is InChI=1S/C13H23N3OS/c1-9-8-16(5-6-17-9)12-15-11(13(2,3)4)10(7-14)18-12/h9H,5-8,14H2,1-4H3. The van der Waals surface area contributed by atoms with Crippen LogP contribution in [0.25, 0.3) is 0 Å². The van der Waals surface area contributed by atoms with Gasteiger partial charge in [0.15, 0.2) is 5.13 Å². The summed E-state index contributed by atoms with van der Waals surface area (Å²) in [6, 6.07) is 0. The maximum atomic E-state index is 5.84. The van der Waals surface area contributed by atoms with Gasteiger partial charge >= 0.3 is 0 Å². The zero-order valence-corrected chi connectivity index (χ0v) is 12.5. The molecular weight excluding hydrogens is 246 g/mol. The van der Waals surface area contributed by atoms with Gasteiger partial charge in [0, 0.05) is 29.9 Å². The van der Waals surface area contributed by atoms with E-state index < -0.39 is 0 Å². The molecule has 0 bridgehead atoms. The minimum Gasteiger partial charge on any atom is -0.375 e. The van der Waals surface area contributed by atoms with Crippen LogP contribution in [0, 0.1) is 0 Å². The summed E-state index contributed by atoms with van der Waals surface area (Å²) in [5, 5.41) is 1.09. The highest BCUT2D eigenvalue weighted by Crippen LogP contribution is 2.34. The van der Waals surface area contributed by atoms with Crippen LogP contribution in [0.1, 0.15) is 38.3 Å². The van der Waals surface area contributed by atoms with Crippen molar-refractivity contribution >= 4 is 16.5 Å². The zero-order chi connectivity index (χ0) is 13.3. The fourth-order valence-electron chi connectivity index (χ4n) is 2.19. The molecule has 1 unspecified atom stereocenters. The number of hydrogen-bond acceptors (Lipinski definition) is 5. The van der Waals surface area contributed by atoms with Crippen LogP contribution >= 0.6 is 11.3 Å². The van der Waals surface area contributed by atoms with Crippen molar-refractivity contribution in [3.63, 3.8) is 0 Å². The zero-order valence-electron chi connectivity index (χ0n) is 11.7. The number of nitrogens with two attached hydrogens (primary N) is 1. The number of aromatic nitrogens is 1. The van der Waals surface area contributed by atoms with Crippen molar-refractivity contribution in [2.45, 2.75) is 45.8 Å². The molecule has 0 saturated carbocycles. The Kier molecular flexibility index (Phi) is 3.94. The number of rotatable bonds is 2. The van der Waals surface area contributed by atoms with Crippen LogP contribution in [0.4, 0.5) is 5.13 Å². The van der Waals surface area contributed by atoms with Crippen molar-refractivity contribution in [1.82, 2.24) is 4.98 Å². The lowest BCUT2D eigenvalue weighted by Crippen LogP contribution is -2.41. The monoisotopic (exact) mass is 269 g/mol. The first kappa shape index (κ1) is 13.8. The molecule has 102 valence electrons. The normalized spacial score (nSPS) is 21.4. The highest BCUT2D eigenvalue weighted by atomic mass is 32.1. The first-order chi connectivity index (χ1) is 8.41. The lowest BCUT2D eigenvalue weighted by Gasteiger charge is -2.30. The molecule has 1 fully saturated rings. The molecule has 1 saturated heterocycles. The number of nitrogens with zero attached hydrogens (tertiary/aromatic N) is 2. The Bertz CT molecular complexity index is 411. The number of hydrogen-bond donors (Lipinski definition) is 1. The molecule has 1 atom stereocenters. The van der Waals surface area contributed by atoms with Gasteiger partial charge in [0.05, 0.1) is 18.4 Å². The number of ether oxygens (including phenoxy) is 1. The third-order valence-corrected chi connectivity index (χ3v) is 4.23. The maximum absolute atomic E-state index is 5.84. The molecule has 0 amide bonds. The SMILES string of the molecule is CC1CN(c2nc(C(C)(C)C)c(CN)s2)CCO1. The van der Waals surface area contributed by atoms with Crippen LogP contribution in [0.3, 0.4) is 0 Å². The predicted molar refractivity (Wildman–Crippen MR) is 76.3 cm³/mol. The molecule has 1 aliphatic rings. The van der Waals surface area contributed by atoms with Gasteiger partial charge < -0.3 is 15.4 Å². The molecule has 18 heavy (non-hydrogen) atoms. The van der Waals surface area contributed by atoms with Crippen LogP contribution in [0.5, 0.6) is 0 Å². The average molecular weight is 269 g/mol. The van der Waals surface area contributed by atoms with Gasteiger partial charge in [-0.25, -0.2) is 4.98 Å². The Balaban J connectivity index is 2.26. The molecule has 1 aromatic rings. The van der Waals surface area contributed by atoms with E-state index in [0.29, 0.717) is 6.54 Å². The largest absolute Gasteiger partial charge is 0.375 e. The third kappa shape index (κ3) is 2.84. The third-order valence-electron chi connectivity index (χ3n) is 3.09. The van der Waals surface area contributed by atoms with Gasteiger partial charge in [0.1, 0.15) is 0 Å². The van der Waals surface area contributed by atoms with E-state index in [0.717, 1.165) is 30.5 Å². The van der Waals surface area contributed by atoms with Gasteiger partial charge in [0.2, 0.25) is 0 Å². The summed E-state index contributed by atoms with van der Waals surface area (Å²) in [6.45, 7) is 11.9. The Morgan fingerprint density at radius 2 is 2.22 bits per heavy atom. The van der Waals surface area contributed by atoms with Gasteiger partial charge in [-0.05, 0) is 6.92 Å². The summed E-state index contributed by atoms with van der Waals surface area (Å²) >= 11 is 1.73. The lowest BCUT2D eigenvalue weighted by molar-refractivity contribution is 0.0532. The summed E-state index contributed by atoms with van der Waals surface area (Å²) in [5.74, 6) is 0. The summed E-state index contributed by atoms with van der Waals surface area (Å²) in [7, 11) is 0. The number of thiazole rings is 1. The van der Waals surface area contributed by atoms with Gasteiger partial charge in [-0.2, -0.15) is 0 Å². The number of anilines is 1. The predicted octanol–water partition coefficient (Wildman–Crippen LogP) is 2.12. The molecule has 0 radical (unpaired) electrons. The Morgan fingerprint density at radius 1 is 1.50 bits per heavy atom. The molecular formula is C13H23N3OS. The summed E-state index contributed by atoms with van der Waals surface area (Å²) in [5.41, 5.74) is 7.04. The van der Waals surface area contributed by atoms with E-state index in [1.54, 1.807) is 11.3 Å². The minimum atomic E-state index is 0.0569. The van der Waals surface area contributed by atoms with E-state index in [4.69, 9.17) is 15.5 Å². The molecule has 1 aromatic heterocycles. The van der Waals surface area contributed by atoms with Gasteiger partial charge in [-0.1, -0.05) is 20.8 Å². The molecule has 1 aliphatic heterocycles. The van der Waals surface area contributed by atoms with Crippen LogP contribution in [0.2, 0.25) is 0 Å². The smallest absolute Gasteiger partial charge is 0.186 e. The van der Waals surface area contributed by atoms with Crippen LogP contribution in [-0.2, 0) is 16.7 Å². The van der Waals surface area contributed by atoms with Gasteiger partial charge in [0.25, 0.3) is 0 Å². The van der Waals surface area contributed by atoms with Crippen molar-refractivity contribution < 1.29 is 4.74 Å². The Labute approximate surface area is 113 Å². The van der Waals surface area contributed by atoms with E-state index in [1.165, 1.54) is 4.88 Å². The quantitative estimate of drug-likeness (QED) is 0.893. The molecule has 0 aliphatic carbocycles. The van der Waals surface area contributed by atoms with Gasteiger partial charge in [-0.3, -0.25) is 0 Å². The average Bonchev–Trinajstić information content (AvgIpc) is 2.72. The van der Waals surface area contributed by atoms with Crippen molar-refractivity contribution in [1.29, 1.82) is 0 Å². The first-order valence-electron chi connectivity index (χ1n) is 6.48. The van der Waals surface area contributed by atoms with Crippen LogP contribution < -0.4 is 10.6 Å². The second-order valence-electron chi connectivity index (χ2n) is 5.85. The second kappa shape index (κ2) is 5.15. The van der Waals surface area contributed by atoms with Gasteiger partial charge in [-0.15, -0.1) is 11.3 Å². The van der Waals surface area contributed by atoms with E-state index in [-0.39, 0.29) is 11.5 Å². The molecule has 2 N–H and O–H groups in total. The fraction of sp³-hybridized carbons (Fsp3) is 0.769. The van der Waals surface area contributed by atoms with Crippen molar-refractivity contribution in [2.75, 3.05) is 24.6 Å². The highest BCUT2D eigenvalue weighted by Gasteiger charge is 2.26. The Hall–Kier alpha value is -0.650. The second-order valence-corrected chi connectivity index (χ2v) is 6.91. The Morgan fingerprint density at radius 3 is 2.72 bits per heavy atom. The topological polar surface area (TPSA) is 51.4 Å². The lowest BCUT2D eigenvalue weighted by atomic mass is 9.91. The molecule has 0 aromatic carbocycles. The summed E-state index contributed by atoms with van der Waals surface area (Å²) in [4.78, 5) is 8.34. The minimum absolute atomic E-state index is 0.0569. The van der Waals surface area contributed by atoms with E-state index in [9.17, 15) is 0 Å². The van der Waals surface area contributed by atoms with Crippen LogP contribution in [-0.4, -0.2) is 30.8 Å². The van der Waals surface area contributed by atoms with E-state index >= 15 is 0 Å². The fourth-order valence-corrected chi connectivity index (χ4v) is 3.38. The summed E-state index contributed by atoms with van der Waals surface area (Å²) < 4.78 is 5.57. The molecule has 5 heteroatoms. The molecule has 2 rings (SSSR count). The number of morpholine rings is 1. The van der Waals surface area contributed by atoms with Crippen molar-refractivity contribution in [2.24, 2.45) is 5.73 Å². The highest BCUT2D eigenvalue weighted by molar-refractivity contribution is 7.15. The van der Waals surface area contributed by atoms with Crippen molar-refractivity contribution in [3.05, 3.63) is 10.6 Å². The first-order valence-corrected chi connectivity index (χ1v) is 7.30. The summed E-state index contributed by atoms with van der Waals surface area (Å²) in [6.07, 6.45) is 0.280. The van der Waals surface area contributed by atoms with E-state index in [2.05, 4.69) is 32.6 Å². The molecule has 4 nitrogen and oxygen atoms in total. The molecule has 2 heterocycles. The molecule has 0 spiro atoms.